The van der Waals surface area contributed by atoms with Gasteiger partial charge in [-0.2, -0.15) is 5.26 Å². The Balaban J connectivity index is 0.000000125. The number of hydrogen-bond donors (Lipinski definition) is 7. The highest BCUT2D eigenvalue weighted by molar-refractivity contribution is 9.10. The van der Waals surface area contributed by atoms with Crippen molar-refractivity contribution in [1.29, 1.82) is 5.26 Å². The topological polar surface area (TPSA) is 289 Å². The first-order chi connectivity index (χ1) is 59.1. The molecule has 21 nitrogen and oxygen atoms in total. The van der Waals surface area contributed by atoms with Crippen molar-refractivity contribution in [3.8, 4) is 6.07 Å². The van der Waals surface area contributed by atoms with Crippen molar-refractivity contribution in [3.05, 3.63) is 292 Å². The zero-order chi connectivity index (χ0) is 87.7. The van der Waals surface area contributed by atoms with Crippen molar-refractivity contribution in [2.45, 2.75) is 230 Å². The summed E-state index contributed by atoms with van der Waals surface area (Å²) in [5.41, 5.74) is 21.8. The summed E-state index contributed by atoms with van der Waals surface area (Å²) in [5, 5.41) is 33.5. The Labute approximate surface area is 734 Å². The zero-order valence-electron chi connectivity index (χ0n) is 71.5. The minimum atomic E-state index is -1.09. The van der Waals surface area contributed by atoms with Crippen molar-refractivity contribution in [2.24, 2.45) is 38.3 Å². The number of aryl methyl sites for hydroxylation is 8. The lowest BCUT2D eigenvalue weighted by atomic mass is 9.65. The number of urea groups is 2. The fourth-order valence-corrected chi connectivity index (χ4v) is 24.5. The number of aliphatic hydroxyl groups is 1. The fourth-order valence-electron chi connectivity index (χ4n) is 23.7. The summed E-state index contributed by atoms with van der Waals surface area (Å²) in [7, 11) is 1.00. The number of hydrogen-bond acceptors (Lipinski definition) is 13. The Morgan fingerprint density at radius 3 is 1.03 bits per heavy atom. The van der Waals surface area contributed by atoms with Crippen molar-refractivity contribution in [2.75, 3.05) is 7.11 Å². The van der Waals surface area contributed by atoms with Crippen LogP contribution in [0.25, 0.3) is 9.69 Å². The third-order valence-electron chi connectivity index (χ3n) is 29.4. The van der Waals surface area contributed by atoms with E-state index >= 15 is 0 Å². The average molecular weight is 1730 g/mol. The van der Waals surface area contributed by atoms with Gasteiger partial charge in [-0.3, -0.25) is 38.8 Å². The molecule has 0 saturated carbocycles. The van der Waals surface area contributed by atoms with Gasteiger partial charge in [0, 0.05) is 57.4 Å². The van der Waals surface area contributed by atoms with Crippen LogP contribution in [0, 0.1) is 46.1 Å². The van der Waals surface area contributed by atoms with E-state index in [9.17, 15) is 34.0 Å². The van der Waals surface area contributed by atoms with Gasteiger partial charge in [-0.15, -0.1) is 0 Å². The van der Waals surface area contributed by atoms with Gasteiger partial charge in [0.05, 0.1) is 24.8 Å². The number of guanidine groups is 1. The van der Waals surface area contributed by atoms with E-state index < -0.39 is 27.6 Å². The van der Waals surface area contributed by atoms with Gasteiger partial charge in [0.2, 0.25) is 0 Å². The van der Waals surface area contributed by atoms with E-state index in [0.29, 0.717) is 28.0 Å². The van der Waals surface area contributed by atoms with E-state index in [4.69, 9.17) is 46.4 Å². The first-order valence-corrected chi connectivity index (χ1v) is 44.3. The first kappa shape index (κ1) is 86.7. The molecule has 12 aliphatic rings. The number of carbonyl (C=O) groups excluding carboxylic acids is 6. The molecule has 4 aliphatic heterocycles. The van der Waals surface area contributed by atoms with Gasteiger partial charge in [-0.05, 0) is 309 Å². The molecular weight excluding hydrogens is 1620 g/mol. The Hall–Kier alpha value is -11.2. The summed E-state index contributed by atoms with van der Waals surface area (Å²) in [6.07, 6.45) is 17.5. The number of rotatable bonds is 4. The lowest BCUT2D eigenvalue weighted by molar-refractivity contribution is -0.138. The van der Waals surface area contributed by atoms with Crippen LogP contribution in [0.1, 0.15) is 201 Å². The molecule has 9 N–H and O–H groups in total. The maximum atomic E-state index is 14.1. The second-order valence-corrected chi connectivity index (χ2v) is 37.7. The molecule has 23 heteroatoms. The normalized spacial score (nSPS) is 23.5. The second kappa shape index (κ2) is 33.4. The second-order valence-electron chi connectivity index (χ2n) is 36.4. The molecule has 0 aromatic heterocycles. The number of halogens is 1. The molecule has 3 saturated heterocycles. The zero-order valence-corrected chi connectivity index (χ0v) is 73.9. The lowest BCUT2D eigenvalue weighted by Gasteiger charge is -2.42. The Kier molecular flexibility index (Phi) is 23.6. The van der Waals surface area contributed by atoms with Gasteiger partial charge in [0.25, 0.3) is 23.6 Å². The summed E-state index contributed by atoms with van der Waals surface area (Å²) in [6, 6.07) is 58.9. The van der Waals surface area contributed by atoms with Crippen molar-refractivity contribution in [3.63, 3.8) is 0 Å². The van der Waals surface area contributed by atoms with Crippen molar-refractivity contribution >= 4 is 86.3 Å². The number of nitrogens with one attached hydrogen (secondary N) is 3. The number of imide groups is 2. The van der Waals surface area contributed by atoms with Crippen molar-refractivity contribution in [1.82, 2.24) is 35.6 Å². The van der Waals surface area contributed by atoms with Crippen LogP contribution in [0.3, 0.4) is 0 Å². The van der Waals surface area contributed by atoms with Crippen LogP contribution in [0.2, 0.25) is 0 Å². The molecular formula is C100H108BrN13O8S. The molecule has 4 atom stereocenters. The molecule has 20 rings (SSSR count). The number of benzene rings is 8. The van der Waals surface area contributed by atoms with Crippen LogP contribution >= 0.6 is 28.1 Å². The van der Waals surface area contributed by atoms with Gasteiger partial charge in [-0.1, -0.05) is 162 Å². The van der Waals surface area contributed by atoms with E-state index in [-0.39, 0.29) is 76.1 Å². The number of carbonyl (C=O) groups is 6. The maximum Gasteiger partial charge on any atom is 0.325 e. The number of fused-ring (bicyclic) bond motifs is 16. The first-order valence-electron chi connectivity index (χ1n) is 43.1. The molecule has 3 fully saturated rings. The van der Waals surface area contributed by atoms with E-state index in [1.165, 1.54) is 65.4 Å². The molecule has 8 aromatic rings. The predicted octanol–water partition coefficient (Wildman–Crippen LogP) is 16.3. The number of nitrogens with zero attached hydrogens (tertiary/aromatic N) is 8. The van der Waals surface area contributed by atoms with E-state index in [1.54, 1.807) is 9.80 Å². The quantitative estimate of drug-likeness (QED) is 0.0374. The SMILES string of the molecule is CC(C)N1C(=O)C2(N=C1N)c1cc(C#N)ccc1CC21CCc2ccccc2CC1.CC(C)N1C(=O)NC2(C1=O)c1cc(Br)ccc1CC21CCc2ccccc2CC1.CO.NO.[C-]#[N+]c1ccc2c(c1)C1(NC(=O)N(C(C)C)C1=O)C1(CCc3ccccc3CC1)C2.[C-]#[N+]c1ccc2c(c1)C1(NC(=S)N(C(C)C)C1=O)C1(CCc3ccccc3CC1)C2. The Morgan fingerprint density at radius 2 is 0.715 bits per heavy atom. The van der Waals surface area contributed by atoms with Crippen molar-refractivity contribution < 1.29 is 39.1 Å². The number of nitriles is 1. The minimum absolute atomic E-state index is 0.00926. The largest absolute Gasteiger partial charge is 0.400 e. The Bertz CT molecular complexity index is 5510. The minimum Gasteiger partial charge on any atom is -0.400 e. The maximum absolute atomic E-state index is 14.1. The summed E-state index contributed by atoms with van der Waals surface area (Å²) < 4.78 is 0.939. The number of aliphatic hydroxyl groups excluding tert-OH is 1. The van der Waals surface area contributed by atoms with Crippen LogP contribution in [-0.2, 0) is 118 Å². The smallest absolute Gasteiger partial charge is 0.325 e. The highest BCUT2D eigenvalue weighted by Crippen LogP contribution is 2.65. The van der Waals surface area contributed by atoms with Gasteiger partial charge in [0.15, 0.2) is 39.1 Å². The van der Waals surface area contributed by atoms with Gasteiger partial charge in [-0.25, -0.2) is 30.2 Å². The molecule has 0 bridgehead atoms. The molecule has 8 spiro atoms. The van der Waals surface area contributed by atoms with E-state index in [1.807, 2.05) is 122 Å². The monoisotopic (exact) mass is 1730 g/mol. The van der Waals surface area contributed by atoms with Crippen LogP contribution in [0.5, 0.6) is 0 Å². The predicted molar refractivity (Wildman–Crippen MR) is 481 cm³/mol. The van der Waals surface area contributed by atoms with E-state index in [0.717, 1.165) is 173 Å². The molecule has 8 aromatic carbocycles. The number of nitrogens with two attached hydrogens (primary N) is 2. The van der Waals surface area contributed by atoms with Gasteiger partial charge >= 0.3 is 12.1 Å². The molecule has 4 unspecified atom stereocenters. The lowest BCUT2D eigenvalue weighted by Crippen LogP contribution is -2.55. The fraction of sp³-hybridized carbons (Fsp3) is 0.410. The molecule has 4 heterocycles. The number of amides is 8. The number of aliphatic imine (C=N–C) groups is 1. The third-order valence-corrected chi connectivity index (χ3v) is 30.2. The standard InChI is InChI=1S/C25H26N4O.C25H25N3O2.C25H25N3OS.C24H25BrN2O2.CH4O.H3NO/c1-16(2)29-22(30)25(28-23(29)27)21-13-17(15-26)7-8-20(21)14-24(25)11-9-18-5-3-4-6-19(18)10-12-24;2*1-16(2)28-22(29)25(27-23(28)30)21-14-20(26-3)9-8-19(21)15-24(25)12-10-17-6-4-5-7-18(17)11-13-24;1-15(2)27-21(28)24(26-22(27)29)20-13-19(25)8-7-18(20)14-23(24)11-9-16-5-3-4-6-17(16)10-12-23;2*1-2/h3-8,13,16H,9-12,14H2,1-2H3,(H2,27,28);2*4-9,14,16H,10-13,15H2,1-2H3,(H,27,30);3-8,13,15H,9-12,14H2,1-2H3,(H,26,29);2H,1H3;2H,1H2. The average Bonchev–Trinajstić information content (AvgIpc) is 1.54. The van der Waals surface area contributed by atoms with Crippen LogP contribution in [0.4, 0.5) is 21.0 Å². The van der Waals surface area contributed by atoms with E-state index in [2.05, 4.69) is 157 Å². The summed E-state index contributed by atoms with van der Waals surface area (Å²) in [5.74, 6) is 3.57. The molecule has 123 heavy (non-hydrogen) atoms. The van der Waals surface area contributed by atoms with Crippen LogP contribution < -0.4 is 27.6 Å². The number of thiocarbonyl (C=S) groups is 1. The summed E-state index contributed by atoms with van der Waals surface area (Å²) in [6.45, 7) is 30.5. The van der Waals surface area contributed by atoms with Gasteiger partial charge in [0.1, 0.15) is 5.54 Å². The van der Waals surface area contributed by atoms with Crippen LogP contribution in [0.15, 0.2) is 179 Å². The molecule has 8 aliphatic carbocycles. The highest BCUT2D eigenvalue weighted by Gasteiger charge is 2.72. The van der Waals surface area contributed by atoms with Crippen LogP contribution in [-0.4, -0.2) is 108 Å². The summed E-state index contributed by atoms with van der Waals surface area (Å²) >= 11 is 9.27. The summed E-state index contributed by atoms with van der Waals surface area (Å²) in [4.78, 5) is 100. The molecule has 0 radical (unpaired) electrons. The molecule has 634 valence electrons. The highest BCUT2D eigenvalue weighted by atomic mass is 79.9. The van der Waals surface area contributed by atoms with Gasteiger partial charge < -0.3 is 32.0 Å². The third kappa shape index (κ3) is 13.6. The molecule has 8 amide bonds. The Morgan fingerprint density at radius 1 is 0.415 bits per heavy atom.